The molecule has 4 heteroatoms. The molecule has 1 aliphatic carbocycles. The molecule has 2 atom stereocenters. The standard InChI is InChI=1S/C15H22BrNO2/c1-2-8-17-10-11-9-12(16)6-7-14(11)19-15-5-3-4-13(15)18/h6-7,9,13,15,17-18H,2-5,8,10H2,1H3. The average molecular weight is 328 g/mol. The van der Waals surface area contributed by atoms with Gasteiger partial charge in [0.15, 0.2) is 0 Å². The first-order valence-corrected chi connectivity index (χ1v) is 7.84. The van der Waals surface area contributed by atoms with Crippen molar-refractivity contribution in [3.8, 4) is 5.75 Å². The van der Waals surface area contributed by atoms with Crippen LogP contribution in [0.5, 0.6) is 5.75 Å². The maximum Gasteiger partial charge on any atom is 0.124 e. The van der Waals surface area contributed by atoms with Gasteiger partial charge in [0.2, 0.25) is 0 Å². The monoisotopic (exact) mass is 327 g/mol. The molecule has 2 N–H and O–H groups in total. The molecule has 3 nitrogen and oxygen atoms in total. The molecule has 106 valence electrons. The van der Waals surface area contributed by atoms with E-state index in [1.54, 1.807) is 0 Å². The van der Waals surface area contributed by atoms with Crippen molar-refractivity contribution in [3.63, 3.8) is 0 Å². The molecule has 0 amide bonds. The Balaban J connectivity index is 2.05. The van der Waals surface area contributed by atoms with Crippen LogP contribution in [0.3, 0.4) is 0 Å². The number of benzene rings is 1. The summed E-state index contributed by atoms with van der Waals surface area (Å²) in [5, 5.41) is 13.3. The van der Waals surface area contributed by atoms with E-state index in [0.29, 0.717) is 0 Å². The van der Waals surface area contributed by atoms with Gasteiger partial charge >= 0.3 is 0 Å². The van der Waals surface area contributed by atoms with E-state index < -0.39 is 0 Å². The largest absolute Gasteiger partial charge is 0.487 e. The molecule has 1 aromatic carbocycles. The fourth-order valence-electron chi connectivity index (χ4n) is 2.41. The third kappa shape index (κ3) is 4.20. The summed E-state index contributed by atoms with van der Waals surface area (Å²) in [7, 11) is 0. The van der Waals surface area contributed by atoms with Gasteiger partial charge in [0.05, 0.1) is 6.10 Å². The highest BCUT2D eigenvalue weighted by Crippen LogP contribution is 2.29. The van der Waals surface area contributed by atoms with E-state index in [4.69, 9.17) is 4.74 Å². The molecule has 0 radical (unpaired) electrons. The molecule has 0 heterocycles. The molecule has 0 spiro atoms. The van der Waals surface area contributed by atoms with Crippen LogP contribution >= 0.6 is 15.9 Å². The number of ether oxygens (including phenoxy) is 1. The molecule has 1 fully saturated rings. The van der Waals surface area contributed by atoms with E-state index >= 15 is 0 Å². The van der Waals surface area contributed by atoms with Crippen LogP contribution in [0, 0.1) is 0 Å². The third-order valence-electron chi connectivity index (χ3n) is 3.46. The van der Waals surface area contributed by atoms with E-state index in [1.165, 1.54) is 0 Å². The molecule has 0 aliphatic heterocycles. The van der Waals surface area contributed by atoms with Crippen molar-refractivity contribution in [2.24, 2.45) is 0 Å². The minimum absolute atomic E-state index is 0.0499. The van der Waals surface area contributed by atoms with Gasteiger partial charge in [0.25, 0.3) is 0 Å². The van der Waals surface area contributed by atoms with E-state index in [2.05, 4.69) is 34.2 Å². The number of hydrogen-bond donors (Lipinski definition) is 2. The second-order valence-electron chi connectivity index (χ2n) is 5.08. The Hall–Kier alpha value is -0.580. The molecule has 2 rings (SSSR count). The normalized spacial score (nSPS) is 22.7. The Labute approximate surface area is 123 Å². The van der Waals surface area contributed by atoms with Crippen molar-refractivity contribution in [1.82, 2.24) is 5.32 Å². The summed E-state index contributed by atoms with van der Waals surface area (Å²) in [5.41, 5.74) is 1.14. The Kier molecular flexibility index (Phi) is 5.67. The van der Waals surface area contributed by atoms with Crippen LogP contribution in [0.4, 0.5) is 0 Å². The molecule has 2 unspecified atom stereocenters. The quantitative estimate of drug-likeness (QED) is 0.788. The Bertz CT molecular complexity index is 411. The number of hydrogen-bond acceptors (Lipinski definition) is 3. The minimum atomic E-state index is -0.319. The molecule has 1 aliphatic rings. The van der Waals surface area contributed by atoms with Crippen molar-refractivity contribution in [1.29, 1.82) is 0 Å². The van der Waals surface area contributed by atoms with E-state index in [-0.39, 0.29) is 12.2 Å². The summed E-state index contributed by atoms with van der Waals surface area (Å²) in [6, 6.07) is 6.05. The van der Waals surface area contributed by atoms with Crippen molar-refractivity contribution in [2.45, 2.75) is 51.4 Å². The summed E-state index contributed by atoms with van der Waals surface area (Å²) < 4.78 is 7.05. The Morgan fingerprint density at radius 1 is 1.42 bits per heavy atom. The van der Waals surface area contributed by atoms with Gasteiger partial charge in [0.1, 0.15) is 11.9 Å². The summed E-state index contributed by atoms with van der Waals surface area (Å²) in [6.45, 7) is 3.95. The highest BCUT2D eigenvalue weighted by molar-refractivity contribution is 9.10. The number of halogens is 1. The van der Waals surface area contributed by atoms with Gasteiger partial charge in [-0.3, -0.25) is 0 Å². The second-order valence-corrected chi connectivity index (χ2v) is 6.00. The predicted octanol–water partition coefficient (Wildman–Crippen LogP) is 3.24. The highest BCUT2D eigenvalue weighted by atomic mass is 79.9. The van der Waals surface area contributed by atoms with Gasteiger partial charge in [-0.1, -0.05) is 22.9 Å². The van der Waals surface area contributed by atoms with Gasteiger partial charge < -0.3 is 15.2 Å². The molecular weight excluding hydrogens is 306 g/mol. The maximum atomic E-state index is 9.86. The van der Waals surface area contributed by atoms with Crippen LogP contribution in [0.25, 0.3) is 0 Å². The van der Waals surface area contributed by atoms with Crippen LogP contribution < -0.4 is 10.1 Å². The van der Waals surface area contributed by atoms with Crippen molar-refractivity contribution in [3.05, 3.63) is 28.2 Å². The zero-order valence-electron chi connectivity index (χ0n) is 11.4. The van der Waals surface area contributed by atoms with Crippen LogP contribution in [0.15, 0.2) is 22.7 Å². The van der Waals surface area contributed by atoms with Gasteiger partial charge in [-0.25, -0.2) is 0 Å². The lowest BCUT2D eigenvalue weighted by Crippen LogP contribution is -2.26. The van der Waals surface area contributed by atoms with E-state index in [9.17, 15) is 5.11 Å². The van der Waals surface area contributed by atoms with E-state index in [0.717, 1.165) is 54.6 Å². The summed E-state index contributed by atoms with van der Waals surface area (Å²) in [5.74, 6) is 0.887. The van der Waals surface area contributed by atoms with Gasteiger partial charge in [0, 0.05) is 16.6 Å². The zero-order valence-corrected chi connectivity index (χ0v) is 12.9. The summed E-state index contributed by atoms with van der Waals surface area (Å²) in [4.78, 5) is 0. The molecule has 0 saturated heterocycles. The zero-order chi connectivity index (χ0) is 13.7. The summed E-state index contributed by atoms with van der Waals surface area (Å²) in [6.07, 6.45) is 3.59. The van der Waals surface area contributed by atoms with Crippen molar-refractivity contribution < 1.29 is 9.84 Å². The SMILES string of the molecule is CCCNCc1cc(Br)ccc1OC1CCCC1O. The molecular formula is C15H22BrNO2. The lowest BCUT2D eigenvalue weighted by Gasteiger charge is -2.20. The molecule has 0 aromatic heterocycles. The third-order valence-corrected chi connectivity index (χ3v) is 3.95. The number of aliphatic hydroxyl groups excluding tert-OH is 1. The first-order chi connectivity index (χ1) is 9.20. The first-order valence-electron chi connectivity index (χ1n) is 7.04. The minimum Gasteiger partial charge on any atom is -0.487 e. The summed E-state index contributed by atoms with van der Waals surface area (Å²) >= 11 is 3.50. The molecule has 0 bridgehead atoms. The average Bonchev–Trinajstić information content (AvgIpc) is 2.78. The van der Waals surface area contributed by atoms with Crippen LogP contribution in [0.2, 0.25) is 0 Å². The smallest absolute Gasteiger partial charge is 0.124 e. The fraction of sp³-hybridized carbons (Fsp3) is 0.600. The van der Waals surface area contributed by atoms with Crippen molar-refractivity contribution >= 4 is 15.9 Å². The second kappa shape index (κ2) is 7.27. The number of aliphatic hydroxyl groups is 1. The lowest BCUT2D eigenvalue weighted by atomic mass is 10.2. The molecule has 19 heavy (non-hydrogen) atoms. The van der Waals surface area contributed by atoms with Crippen LogP contribution in [0.1, 0.15) is 38.2 Å². The lowest BCUT2D eigenvalue weighted by molar-refractivity contribution is 0.0597. The highest BCUT2D eigenvalue weighted by Gasteiger charge is 2.27. The predicted molar refractivity (Wildman–Crippen MR) is 80.4 cm³/mol. The Morgan fingerprint density at radius 3 is 2.95 bits per heavy atom. The fourth-order valence-corrected chi connectivity index (χ4v) is 2.82. The maximum absolute atomic E-state index is 9.86. The van der Waals surface area contributed by atoms with E-state index in [1.807, 2.05) is 12.1 Å². The number of rotatable bonds is 6. The molecule has 1 saturated carbocycles. The molecule has 1 aromatic rings. The van der Waals surface area contributed by atoms with Gasteiger partial charge in [-0.15, -0.1) is 0 Å². The number of nitrogens with one attached hydrogen (secondary N) is 1. The van der Waals surface area contributed by atoms with Crippen LogP contribution in [-0.4, -0.2) is 23.9 Å². The van der Waals surface area contributed by atoms with Gasteiger partial charge in [-0.2, -0.15) is 0 Å². The van der Waals surface area contributed by atoms with Gasteiger partial charge in [-0.05, 0) is 50.4 Å². The first kappa shape index (κ1) is 14.8. The Morgan fingerprint density at radius 2 is 2.26 bits per heavy atom. The topological polar surface area (TPSA) is 41.5 Å². The van der Waals surface area contributed by atoms with Crippen molar-refractivity contribution in [2.75, 3.05) is 6.54 Å². The van der Waals surface area contributed by atoms with Crippen LogP contribution in [-0.2, 0) is 6.54 Å².